The minimum atomic E-state index is 0.169. The summed E-state index contributed by atoms with van der Waals surface area (Å²) in [5.74, 6) is 0.990. The highest BCUT2D eigenvalue weighted by Crippen LogP contribution is 2.37. The van der Waals surface area contributed by atoms with Crippen molar-refractivity contribution in [1.82, 2.24) is 24.8 Å². The number of piperazine rings is 1. The number of aromatic amines is 1. The van der Waals surface area contributed by atoms with Crippen LogP contribution in [0.3, 0.4) is 0 Å². The maximum absolute atomic E-state index is 11.5. The summed E-state index contributed by atoms with van der Waals surface area (Å²) < 4.78 is 1.05. The van der Waals surface area contributed by atoms with Crippen LogP contribution in [-0.2, 0) is 11.3 Å². The van der Waals surface area contributed by atoms with Crippen LogP contribution in [0.25, 0.3) is 31.6 Å². The molecule has 0 aliphatic carbocycles. The van der Waals surface area contributed by atoms with Gasteiger partial charge in [-0.3, -0.25) is 9.69 Å². The topological polar surface area (TPSA) is 77.2 Å². The van der Waals surface area contributed by atoms with Crippen LogP contribution < -0.4 is 5.32 Å². The van der Waals surface area contributed by atoms with Crippen molar-refractivity contribution in [1.29, 1.82) is 0 Å². The van der Waals surface area contributed by atoms with Crippen LogP contribution in [0.5, 0.6) is 0 Å². The largest absolute Gasteiger partial charge is 0.361 e. The Balaban J connectivity index is 1.19. The molecule has 1 amide bonds. The maximum Gasteiger partial charge on any atom is 0.219 e. The van der Waals surface area contributed by atoms with E-state index in [9.17, 15) is 4.79 Å². The highest BCUT2D eigenvalue weighted by molar-refractivity contribution is 7.22. The van der Waals surface area contributed by atoms with E-state index in [0.717, 1.165) is 65.3 Å². The first-order valence-corrected chi connectivity index (χ1v) is 12.6. The average Bonchev–Trinajstić information content (AvgIpc) is 3.52. The third-order valence-corrected chi connectivity index (χ3v) is 7.77. The molecule has 176 valence electrons. The Morgan fingerprint density at radius 1 is 1.03 bits per heavy atom. The third-order valence-electron chi connectivity index (χ3n) is 6.59. The first-order valence-electron chi connectivity index (χ1n) is 11.8. The van der Waals surface area contributed by atoms with Gasteiger partial charge in [-0.2, -0.15) is 0 Å². The van der Waals surface area contributed by atoms with Crippen molar-refractivity contribution < 1.29 is 4.79 Å². The van der Waals surface area contributed by atoms with Gasteiger partial charge in [0, 0.05) is 67.3 Å². The number of anilines is 2. The van der Waals surface area contributed by atoms with Gasteiger partial charge in [-0.1, -0.05) is 24.3 Å². The van der Waals surface area contributed by atoms with Crippen LogP contribution in [0, 0.1) is 0 Å². The fourth-order valence-electron chi connectivity index (χ4n) is 4.61. The molecule has 0 atom stereocenters. The lowest BCUT2D eigenvalue weighted by atomic mass is 10.1. The average molecular weight is 483 g/mol. The van der Waals surface area contributed by atoms with Crippen LogP contribution in [0.2, 0.25) is 0 Å². The fraction of sp³-hybridized carbons (Fsp3) is 0.222. The second kappa shape index (κ2) is 9.13. The molecule has 0 spiro atoms. The number of hydrogen-bond acceptors (Lipinski definition) is 6. The quantitative estimate of drug-likeness (QED) is 0.358. The predicted molar refractivity (Wildman–Crippen MR) is 142 cm³/mol. The first-order chi connectivity index (χ1) is 17.1. The van der Waals surface area contributed by atoms with Gasteiger partial charge in [0.1, 0.15) is 6.33 Å². The minimum absolute atomic E-state index is 0.169. The molecule has 5 aromatic rings. The number of hydrogen-bond donors (Lipinski definition) is 2. The van der Waals surface area contributed by atoms with E-state index in [-0.39, 0.29) is 5.91 Å². The maximum atomic E-state index is 11.5. The Labute approximate surface area is 207 Å². The molecule has 0 unspecified atom stereocenters. The number of rotatable bonds is 5. The molecule has 2 aromatic carbocycles. The summed E-state index contributed by atoms with van der Waals surface area (Å²) in [5.41, 5.74) is 5.52. The third kappa shape index (κ3) is 4.50. The molecule has 1 aliphatic heterocycles. The van der Waals surface area contributed by atoms with Gasteiger partial charge in [0.05, 0.1) is 10.2 Å². The first kappa shape index (κ1) is 21.8. The SMILES string of the molecule is CC(=O)N1CCN(Cc2ccc(-c3cc4ncnc(Nc5ccc6[nH]ccc6c5)c4s3)cc2)CC1. The van der Waals surface area contributed by atoms with Crippen LogP contribution >= 0.6 is 11.3 Å². The fourth-order valence-corrected chi connectivity index (χ4v) is 5.67. The van der Waals surface area contributed by atoms with E-state index in [1.807, 2.05) is 11.1 Å². The number of fused-ring (bicyclic) bond motifs is 2. The number of thiophene rings is 1. The van der Waals surface area contributed by atoms with Crippen molar-refractivity contribution in [2.45, 2.75) is 13.5 Å². The Bertz CT molecular complexity index is 1500. The van der Waals surface area contributed by atoms with Crippen LogP contribution in [-0.4, -0.2) is 56.8 Å². The minimum Gasteiger partial charge on any atom is -0.361 e. The summed E-state index contributed by atoms with van der Waals surface area (Å²) in [5, 5.41) is 4.63. The zero-order valence-corrected chi connectivity index (χ0v) is 20.3. The molecule has 2 N–H and O–H groups in total. The number of aromatic nitrogens is 3. The smallest absolute Gasteiger partial charge is 0.219 e. The van der Waals surface area contributed by atoms with Gasteiger partial charge in [-0.05, 0) is 41.5 Å². The van der Waals surface area contributed by atoms with E-state index in [0.29, 0.717) is 0 Å². The van der Waals surface area contributed by atoms with Gasteiger partial charge in [0.15, 0.2) is 5.82 Å². The summed E-state index contributed by atoms with van der Waals surface area (Å²) in [6, 6.07) is 19.2. The monoisotopic (exact) mass is 482 g/mol. The Kier molecular flexibility index (Phi) is 5.67. The molecule has 7 nitrogen and oxygen atoms in total. The van der Waals surface area contributed by atoms with Gasteiger partial charge < -0.3 is 15.2 Å². The molecule has 3 aromatic heterocycles. The lowest BCUT2D eigenvalue weighted by Crippen LogP contribution is -2.47. The molecule has 1 aliphatic rings. The summed E-state index contributed by atoms with van der Waals surface area (Å²) >= 11 is 1.70. The predicted octanol–water partition coefficient (Wildman–Crippen LogP) is 5.25. The standard InChI is InChI=1S/C27H26N6OS/c1-18(34)33-12-10-32(11-13-33)16-19-2-4-20(5-3-19)25-15-24-26(35-25)27(30-17-29-24)31-22-6-7-23-21(14-22)8-9-28-23/h2-9,14-15,17,28H,10-13,16H2,1H3,(H,29,30,31). The number of carbonyl (C=O) groups is 1. The number of benzene rings is 2. The van der Waals surface area contributed by atoms with Gasteiger partial charge in [0.2, 0.25) is 5.91 Å². The molecule has 4 heterocycles. The van der Waals surface area contributed by atoms with E-state index in [4.69, 9.17) is 0 Å². The van der Waals surface area contributed by atoms with Gasteiger partial charge >= 0.3 is 0 Å². The van der Waals surface area contributed by atoms with E-state index < -0.39 is 0 Å². The van der Waals surface area contributed by atoms with E-state index in [1.54, 1.807) is 24.6 Å². The number of nitrogens with one attached hydrogen (secondary N) is 2. The normalized spacial score (nSPS) is 14.6. The lowest BCUT2D eigenvalue weighted by molar-refractivity contribution is -0.130. The van der Waals surface area contributed by atoms with Crippen molar-refractivity contribution in [3.05, 3.63) is 72.7 Å². The summed E-state index contributed by atoms with van der Waals surface area (Å²) in [6.07, 6.45) is 3.56. The second-order valence-electron chi connectivity index (χ2n) is 8.93. The molecular weight excluding hydrogens is 456 g/mol. The zero-order valence-electron chi connectivity index (χ0n) is 19.5. The van der Waals surface area contributed by atoms with E-state index in [1.165, 1.54) is 16.0 Å². The second-order valence-corrected chi connectivity index (χ2v) is 9.98. The zero-order chi connectivity index (χ0) is 23.8. The van der Waals surface area contributed by atoms with Gasteiger partial charge in [-0.15, -0.1) is 11.3 Å². The molecule has 0 radical (unpaired) electrons. The Morgan fingerprint density at radius 3 is 2.66 bits per heavy atom. The highest BCUT2D eigenvalue weighted by atomic mass is 32.1. The van der Waals surface area contributed by atoms with Crippen LogP contribution in [0.15, 0.2) is 67.1 Å². The van der Waals surface area contributed by atoms with E-state index in [2.05, 4.69) is 79.8 Å². The molecule has 0 saturated carbocycles. The number of amides is 1. The molecule has 1 fully saturated rings. The number of carbonyl (C=O) groups excluding carboxylic acids is 1. The van der Waals surface area contributed by atoms with Gasteiger partial charge in [0.25, 0.3) is 0 Å². The molecule has 35 heavy (non-hydrogen) atoms. The van der Waals surface area contributed by atoms with Crippen molar-refractivity contribution in [3.63, 3.8) is 0 Å². The lowest BCUT2D eigenvalue weighted by Gasteiger charge is -2.34. The van der Waals surface area contributed by atoms with E-state index >= 15 is 0 Å². The molecule has 0 bridgehead atoms. The van der Waals surface area contributed by atoms with Crippen molar-refractivity contribution in [3.8, 4) is 10.4 Å². The van der Waals surface area contributed by atoms with Crippen LogP contribution in [0.4, 0.5) is 11.5 Å². The Hall–Kier alpha value is -3.75. The number of nitrogens with zero attached hydrogens (tertiary/aromatic N) is 4. The molecule has 6 rings (SSSR count). The molecular formula is C27H26N6OS. The Morgan fingerprint density at radius 2 is 1.86 bits per heavy atom. The van der Waals surface area contributed by atoms with Crippen molar-refractivity contribution in [2.24, 2.45) is 0 Å². The van der Waals surface area contributed by atoms with Crippen LogP contribution in [0.1, 0.15) is 12.5 Å². The summed E-state index contributed by atoms with van der Waals surface area (Å²) in [4.78, 5) is 29.3. The highest BCUT2D eigenvalue weighted by Gasteiger charge is 2.18. The summed E-state index contributed by atoms with van der Waals surface area (Å²) in [6.45, 7) is 6.02. The molecule has 1 saturated heterocycles. The van der Waals surface area contributed by atoms with Gasteiger partial charge in [-0.25, -0.2) is 9.97 Å². The van der Waals surface area contributed by atoms with Crippen molar-refractivity contribution in [2.75, 3.05) is 31.5 Å². The molecule has 8 heteroatoms. The number of H-pyrrole nitrogens is 1. The summed E-state index contributed by atoms with van der Waals surface area (Å²) in [7, 11) is 0. The van der Waals surface area contributed by atoms with Crippen molar-refractivity contribution >= 4 is 49.9 Å².